The Morgan fingerprint density at radius 2 is 1.69 bits per heavy atom. The van der Waals surface area contributed by atoms with Crippen molar-refractivity contribution in [2.45, 2.75) is 25.7 Å². The molecule has 3 aliphatic rings. The zero-order chi connectivity index (χ0) is 20.4. The fraction of sp³-hybridized carbons (Fsp3) is 0.500. The lowest BCUT2D eigenvalue weighted by molar-refractivity contribution is -0.154. The Morgan fingerprint density at radius 1 is 1.03 bits per heavy atom. The van der Waals surface area contributed by atoms with Gasteiger partial charge in [0.05, 0.1) is 11.8 Å². The van der Waals surface area contributed by atoms with Crippen molar-refractivity contribution in [3.63, 3.8) is 0 Å². The Balaban J connectivity index is 1.27. The summed E-state index contributed by atoms with van der Waals surface area (Å²) in [5.74, 6) is -1.45. The predicted octanol–water partition coefficient (Wildman–Crippen LogP) is 1.11. The van der Waals surface area contributed by atoms with Crippen LogP contribution in [0.1, 0.15) is 25.7 Å². The summed E-state index contributed by atoms with van der Waals surface area (Å²) in [4.78, 5) is 49.8. The summed E-state index contributed by atoms with van der Waals surface area (Å²) in [6.07, 6.45) is 3.19. The van der Waals surface area contributed by atoms with Gasteiger partial charge in [-0.15, -0.1) is 0 Å². The van der Waals surface area contributed by atoms with Gasteiger partial charge in [0.1, 0.15) is 19.8 Å². The Hall–Kier alpha value is -3.10. The zero-order valence-electron chi connectivity index (χ0n) is 15.8. The Kier molecular flexibility index (Phi) is 5.37. The van der Waals surface area contributed by atoms with Crippen LogP contribution >= 0.6 is 0 Å². The number of fused-ring (bicyclic) bond motifs is 2. The molecule has 2 heterocycles. The normalized spacial score (nSPS) is 22.8. The number of nitrogens with one attached hydrogen (secondary N) is 1. The molecule has 4 rings (SSSR count). The molecule has 3 amide bonds. The number of rotatable bonds is 5. The average molecular weight is 402 g/mol. The number of carbonyl (C=O) groups is 4. The lowest BCUT2D eigenvalue weighted by Crippen LogP contribution is -2.37. The fourth-order valence-corrected chi connectivity index (χ4v) is 4.03. The van der Waals surface area contributed by atoms with Gasteiger partial charge >= 0.3 is 5.97 Å². The molecule has 2 aliphatic heterocycles. The minimum atomic E-state index is -0.789. The number of esters is 1. The quantitative estimate of drug-likeness (QED) is 0.580. The molecule has 0 spiro atoms. The van der Waals surface area contributed by atoms with Gasteiger partial charge in [0.15, 0.2) is 18.1 Å². The van der Waals surface area contributed by atoms with Gasteiger partial charge in [-0.1, -0.05) is 12.8 Å². The van der Waals surface area contributed by atoms with E-state index in [0.717, 1.165) is 17.7 Å². The zero-order valence-corrected chi connectivity index (χ0v) is 15.8. The van der Waals surface area contributed by atoms with E-state index in [0.29, 0.717) is 43.2 Å². The monoisotopic (exact) mass is 402 g/mol. The molecule has 0 bridgehead atoms. The number of likely N-dealkylation sites (tertiary alicyclic amines) is 1. The highest BCUT2D eigenvalue weighted by Crippen LogP contribution is 2.38. The highest BCUT2D eigenvalue weighted by Gasteiger charge is 2.48. The second-order valence-corrected chi connectivity index (χ2v) is 7.33. The van der Waals surface area contributed by atoms with E-state index in [1.165, 1.54) is 0 Å². The molecule has 9 nitrogen and oxygen atoms in total. The van der Waals surface area contributed by atoms with Crippen LogP contribution in [0.4, 0.5) is 5.69 Å². The van der Waals surface area contributed by atoms with E-state index in [1.807, 2.05) is 0 Å². The maximum absolute atomic E-state index is 12.4. The largest absolute Gasteiger partial charge is 0.486 e. The highest BCUT2D eigenvalue weighted by atomic mass is 16.6. The van der Waals surface area contributed by atoms with E-state index < -0.39 is 25.0 Å². The van der Waals surface area contributed by atoms with Gasteiger partial charge < -0.3 is 19.5 Å². The summed E-state index contributed by atoms with van der Waals surface area (Å²) >= 11 is 0. The molecule has 1 aromatic rings. The molecule has 1 aromatic carbocycles. The topological polar surface area (TPSA) is 111 Å². The van der Waals surface area contributed by atoms with Gasteiger partial charge in [0.25, 0.3) is 5.91 Å². The van der Waals surface area contributed by atoms with Crippen LogP contribution in [0.15, 0.2) is 18.2 Å². The van der Waals surface area contributed by atoms with Crippen LogP contribution < -0.4 is 14.8 Å². The molecular formula is C20H22N2O7. The van der Waals surface area contributed by atoms with Crippen LogP contribution in [-0.2, 0) is 23.9 Å². The van der Waals surface area contributed by atoms with Crippen LogP contribution in [0.5, 0.6) is 11.5 Å². The van der Waals surface area contributed by atoms with Gasteiger partial charge in [-0.05, 0) is 25.0 Å². The molecule has 29 heavy (non-hydrogen) atoms. The van der Waals surface area contributed by atoms with E-state index in [-0.39, 0.29) is 23.7 Å². The number of imide groups is 1. The first kappa shape index (κ1) is 19.2. The summed E-state index contributed by atoms with van der Waals surface area (Å²) in [5.41, 5.74) is 0.476. The Morgan fingerprint density at radius 3 is 2.38 bits per heavy atom. The molecule has 2 atom stereocenters. The maximum Gasteiger partial charge on any atom is 0.326 e. The predicted molar refractivity (Wildman–Crippen MR) is 99.2 cm³/mol. The average Bonchev–Trinajstić information content (AvgIpc) is 2.97. The van der Waals surface area contributed by atoms with Gasteiger partial charge in [-0.2, -0.15) is 0 Å². The molecule has 0 radical (unpaired) electrons. The van der Waals surface area contributed by atoms with Gasteiger partial charge in [0, 0.05) is 11.8 Å². The number of carbonyl (C=O) groups excluding carboxylic acids is 4. The molecule has 9 heteroatoms. The first-order chi connectivity index (χ1) is 14.0. The smallest absolute Gasteiger partial charge is 0.326 e. The van der Waals surface area contributed by atoms with E-state index in [1.54, 1.807) is 18.2 Å². The minimum absolute atomic E-state index is 0.308. The van der Waals surface area contributed by atoms with Crippen molar-refractivity contribution < 1.29 is 33.4 Å². The third kappa shape index (κ3) is 4.03. The number of hydrogen-bond donors (Lipinski definition) is 1. The molecular weight excluding hydrogens is 380 g/mol. The first-order valence-electron chi connectivity index (χ1n) is 9.73. The van der Waals surface area contributed by atoms with Crippen molar-refractivity contribution in [2.75, 3.05) is 31.7 Å². The Bertz CT molecular complexity index is 829. The first-order valence-corrected chi connectivity index (χ1v) is 9.73. The number of ether oxygens (including phenoxy) is 3. The summed E-state index contributed by atoms with van der Waals surface area (Å²) < 4.78 is 15.8. The highest BCUT2D eigenvalue weighted by molar-refractivity contribution is 6.07. The number of benzene rings is 1. The summed E-state index contributed by atoms with van der Waals surface area (Å²) in [7, 11) is 0. The molecule has 0 aromatic heterocycles. The van der Waals surface area contributed by atoms with E-state index in [9.17, 15) is 19.2 Å². The molecule has 1 aliphatic carbocycles. The van der Waals surface area contributed by atoms with Crippen LogP contribution in [0, 0.1) is 11.8 Å². The van der Waals surface area contributed by atoms with E-state index in [4.69, 9.17) is 14.2 Å². The molecule has 1 saturated carbocycles. The van der Waals surface area contributed by atoms with E-state index >= 15 is 0 Å². The van der Waals surface area contributed by atoms with Crippen molar-refractivity contribution in [3.05, 3.63) is 18.2 Å². The number of nitrogens with zero attached hydrogens (tertiary/aromatic N) is 1. The third-order valence-corrected chi connectivity index (χ3v) is 5.41. The molecule has 1 N–H and O–H groups in total. The van der Waals surface area contributed by atoms with Gasteiger partial charge in [0.2, 0.25) is 11.8 Å². The van der Waals surface area contributed by atoms with E-state index in [2.05, 4.69) is 5.32 Å². The second kappa shape index (κ2) is 8.10. The van der Waals surface area contributed by atoms with Crippen molar-refractivity contribution in [1.29, 1.82) is 0 Å². The van der Waals surface area contributed by atoms with Crippen LogP contribution in [0.25, 0.3) is 0 Å². The number of anilines is 1. The van der Waals surface area contributed by atoms with Crippen molar-refractivity contribution >= 4 is 29.4 Å². The van der Waals surface area contributed by atoms with Crippen molar-refractivity contribution in [2.24, 2.45) is 11.8 Å². The van der Waals surface area contributed by atoms with Crippen LogP contribution in [0.3, 0.4) is 0 Å². The van der Waals surface area contributed by atoms with Crippen LogP contribution in [0.2, 0.25) is 0 Å². The van der Waals surface area contributed by atoms with Crippen molar-refractivity contribution in [1.82, 2.24) is 4.90 Å². The molecule has 1 saturated heterocycles. The summed E-state index contributed by atoms with van der Waals surface area (Å²) in [5, 5.41) is 2.60. The lowest BCUT2D eigenvalue weighted by atomic mass is 9.81. The summed E-state index contributed by atoms with van der Waals surface area (Å²) in [6, 6.07) is 4.95. The standard InChI is InChI=1S/C20H22N2O7/c23-17(21-12-5-6-15-16(9-12)28-8-7-27-15)11-29-18(24)10-22-19(25)13-3-1-2-4-14(13)20(22)26/h5-6,9,13-14H,1-4,7-8,10-11H2,(H,21,23)/t13-,14-/m0/s1. The Labute approximate surface area is 167 Å². The summed E-state index contributed by atoms with van der Waals surface area (Å²) in [6.45, 7) is -0.0752. The number of amides is 3. The van der Waals surface area contributed by atoms with Crippen molar-refractivity contribution in [3.8, 4) is 11.5 Å². The van der Waals surface area contributed by atoms with Gasteiger partial charge in [-0.3, -0.25) is 24.1 Å². The molecule has 2 fully saturated rings. The number of hydrogen-bond acceptors (Lipinski definition) is 7. The third-order valence-electron chi connectivity index (χ3n) is 5.41. The van der Waals surface area contributed by atoms with Crippen LogP contribution in [-0.4, -0.2) is 55.0 Å². The lowest BCUT2D eigenvalue weighted by Gasteiger charge is -2.19. The second-order valence-electron chi connectivity index (χ2n) is 7.33. The molecule has 154 valence electrons. The molecule has 0 unspecified atom stereocenters. The maximum atomic E-state index is 12.4. The minimum Gasteiger partial charge on any atom is -0.486 e. The fourth-order valence-electron chi connectivity index (χ4n) is 4.03. The van der Waals surface area contributed by atoms with Gasteiger partial charge in [-0.25, -0.2) is 0 Å². The SMILES string of the molecule is O=C(COC(=O)CN1C(=O)[C@H]2CCCC[C@@H]2C1=O)Nc1ccc2c(c1)OCCO2.